The van der Waals surface area contributed by atoms with E-state index < -0.39 is 17.8 Å². The zero-order valence-electron chi connectivity index (χ0n) is 19.7. The Kier molecular flexibility index (Phi) is 7.13. The number of nitrogens with zero attached hydrogens (tertiary/aromatic N) is 5. The lowest BCUT2D eigenvalue weighted by atomic mass is 10.0. The molecular formula is C25H23F3N6O2S. The molecule has 37 heavy (non-hydrogen) atoms. The van der Waals surface area contributed by atoms with E-state index in [-0.39, 0.29) is 6.04 Å². The quantitative estimate of drug-likeness (QED) is 0.332. The van der Waals surface area contributed by atoms with Gasteiger partial charge in [0.15, 0.2) is 0 Å². The molecule has 2 atom stereocenters. The molecule has 0 aliphatic carbocycles. The van der Waals surface area contributed by atoms with Gasteiger partial charge in [-0.1, -0.05) is 17.3 Å². The van der Waals surface area contributed by atoms with Gasteiger partial charge in [-0.15, -0.1) is 0 Å². The van der Waals surface area contributed by atoms with E-state index in [1.807, 2.05) is 36.4 Å². The largest absolute Gasteiger partial charge is 0.417 e. The summed E-state index contributed by atoms with van der Waals surface area (Å²) in [6, 6.07) is 13.9. The number of nitrogens with one attached hydrogen (secondary N) is 1. The molecule has 0 spiro atoms. The molecule has 5 rings (SSSR count). The monoisotopic (exact) mass is 528 g/mol. The van der Waals surface area contributed by atoms with Crippen LogP contribution in [0.25, 0.3) is 22.6 Å². The number of benzene rings is 1. The molecule has 0 saturated carbocycles. The number of aromatic nitrogens is 4. The van der Waals surface area contributed by atoms with Crippen LogP contribution in [0.15, 0.2) is 70.3 Å². The van der Waals surface area contributed by atoms with E-state index in [9.17, 15) is 18.3 Å². The van der Waals surface area contributed by atoms with Gasteiger partial charge < -0.3 is 14.9 Å². The van der Waals surface area contributed by atoms with E-state index in [4.69, 9.17) is 4.52 Å². The maximum absolute atomic E-state index is 12.7. The molecule has 2 unspecified atom stereocenters. The molecule has 12 heteroatoms. The number of anilines is 1. The minimum absolute atomic E-state index is 0.299. The Balaban J connectivity index is 1.17. The van der Waals surface area contributed by atoms with Gasteiger partial charge in [0.1, 0.15) is 11.5 Å². The van der Waals surface area contributed by atoms with Crippen LogP contribution in [0.2, 0.25) is 0 Å². The summed E-state index contributed by atoms with van der Waals surface area (Å²) in [5.41, 5.74) is 1.82. The molecule has 1 aromatic carbocycles. The zero-order valence-corrected chi connectivity index (χ0v) is 20.5. The second kappa shape index (κ2) is 10.5. The standard InChI is InChI=1S/C25H23F3N6O2S/c1-15-31-24(33-36-15)21-12-17(8-10-29-21)16-2-5-19(6-3-16)37-34-11-9-20(22(35)14-34)32-23-7-4-18(13-30-23)25(26,27)28/h2-8,10,12-13,20,22,35H,9,11,14H2,1H3,(H,30,32). The lowest BCUT2D eigenvalue weighted by Gasteiger charge is -2.35. The fraction of sp³-hybridized carbons (Fsp3) is 0.280. The molecule has 1 saturated heterocycles. The smallest absolute Gasteiger partial charge is 0.390 e. The molecule has 1 aliphatic heterocycles. The number of pyridine rings is 2. The molecule has 1 fully saturated rings. The highest BCUT2D eigenvalue weighted by Crippen LogP contribution is 2.31. The van der Waals surface area contributed by atoms with E-state index in [0.29, 0.717) is 42.7 Å². The number of β-amino-alcohol motifs (C(OH)–C–C–N with tert-alkyl or cyclic N) is 1. The first-order chi connectivity index (χ1) is 17.7. The number of aliphatic hydroxyl groups excluding tert-OH is 1. The summed E-state index contributed by atoms with van der Waals surface area (Å²) in [7, 11) is 0. The molecule has 3 aromatic heterocycles. The fourth-order valence-corrected chi connectivity index (χ4v) is 4.96. The van der Waals surface area contributed by atoms with E-state index in [2.05, 4.69) is 29.7 Å². The van der Waals surface area contributed by atoms with Crippen molar-refractivity contribution in [3.63, 3.8) is 0 Å². The molecule has 2 N–H and O–H groups in total. The van der Waals surface area contributed by atoms with Crippen molar-refractivity contribution in [2.24, 2.45) is 0 Å². The summed E-state index contributed by atoms with van der Waals surface area (Å²) in [5, 5.41) is 17.6. The van der Waals surface area contributed by atoms with Crippen molar-refractivity contribution in [2.45, 2.75) is 36.6 Å². The van der Waals surface area contributed by atoms with E-state index in [1.54, 1.807) is 25.1 Å². The second-order valence-corrected chi connectivity index (χ2v) is 9.78. The highest BCUT2D eigenvalue weighted by Gasteiger charge is 2.31. The highest BCUT2D eigenvalue weighted by atomic mass is 32.2. The summed E-state index contributed by atoms with van der Waals surface area (Å²) in [6.07, 6.45) is -2.01. The summed E-state index contributed by atoms with van der Waals surface area (Å²) in [4.78, 5) is 13.4. The summed E-state index contributed by atoms with van der Waals surface area (Å²) < 4.78 is 45.3. The van der Waals surface area contributed by atoms with Gasteiger partial charge in [0.05, 0.1) is 17.7 Å². The molecule has 0 bridgehead atoms. The lowest BCUT2D eigenvalue weighted by molar-refractivity contribution is -0.137. The van der Waals surface area contributed by atoms with Crippen LogP contribution in [0.3, 0.4) is 0 Å². The van der Waals surface area contributed by atoms with Crippen LogP contribution in [-0.4, -0.2) is 54.8 Å². The SMILES string of the molecule is Cc1nc(-c2cc(-c3ccc(SN4CCC(Nc5ccc(C(F)(F)F)cn5)C(O)C4)cc3)ccn2)no1. The number of piperidine rings is 1. The summed E-state index contributed by atoms with van der Waals surface area (Å²) in [5.74, 6) is 1.23. The van der Waals surface area contributed by atoms with Crippen molar-refractivity contribution in [3.05, 3.63) is 72.4 Å². The van der Waals surface area contributed by atoms with Gasteiger partial charge in [-0.25, -0.2) is 9.29 Å². The Morgan fingerprint density at radius 1 is 1.08 bits per heavy atom. The summed E-state index contributed by atoms with van der Waals surface area (Å²) >= 11 is 1.55. The third-order valence-electron chi connectivity index (χ3n) is 5.91. The van der Waals surface area contributed by atoms with E-state index >= 15 is 0 Å². The molecule has 0 amide bonds. The normalized spacial score (nSPS) is 18.6. The van der Waals surface area contributed by atoms with Crippen LogP contribution in [-0.2, 0) is 6.18 Å². The molecule has 0 radical (unpaired) electrons. The van der Waals surface area contributed by atoms with Gasteiger partial charge in [0.25, 0.3) is 0 Å². The predicted octanol–water partition coefficient (Wildman–Crippen LogP) is 5.08. The van der Waals surface area contributed by atoms with E-state index in [1.165, 1.54) is 6.07 Å². The number of alkyl halides is 3. The Hall–Kier alpha value is -3.48. The number of aryl methyl sites for hydroxylation is 1. The van der Waals surface area contributed by atoms with E-state index in [0.717, 1.165) is 28.3 Å². The fourth-order valence-electron chi connectivity index (χ4n) is 3.98. The average molecular weight is 529 g/mol. The molecule has 1 aliphatic rings. The maximum Gasteiger partial charge on any atom is 0.417 e. The number of halogens is 3. The molecular weight excluding hydrogens is 505 g/mol. The van der Waals surface area contributed by atoms with Crippen LogP contribution in [0.1, 0.15) is 17.9 Å². The second-order valence-electron chi connectivity index (χ2n) is 8.61. The van der Waals surface area contributed by atoms with Gasteiger partial charge in [0.2, 0.25) is 11.7 Å². The average Bonchev–Trinajstić information content (AvgIpc) is 3.32. The third-order valence-corrected chi connectivity index (χ3v) is 6.98. The molecule has 4 heterocycles. The van der Waals surface area contributed by atoms with Gasteiger partial charge in [-0.3, -0.25) is 4.98 Å². The van der Waals surface area contributed by atoms with Gasteiger partial charge in [0, 0.05) is 37.3 Å². The zero-order chi connectivity index (χ0) is 26.0. The lowest BCUT2D eigenvalue weighted by Crippen LogP contribution is -2.47. The highest BCUT2D eigenvalue weighted by molar-refractivity contribution is 7.97. The van der Waals surface area contributed by atoms with Gasteiger partial charge in [-0.05, 0) is 65.9 Å². The predicted molar refractivity (Wildman–Crippen MR) is 132 cm³/mol. The van der Waals surface area contributed by atoms with Crippen LogP contribution < -0.4 is 5.32 Å². The summed E-state index contributed by atoms with van der Waals surface area (Å²) in [6.45, 7) is 2.83. The van der Waals surface area contributed by atoms with Crippen molar-refractivity contribution in [1.29, 1.82) is 0 Å². The number of hydrogen-bond donors (Lipinski definition) is 2. The van der Waals surface area contributed by atoms with Crippen LogP contribution in [0, 0.1) is 6.92 Å². The van der Waals surface area contributed by atoms with Gasteiger partial charge >= 0.3 is 6.18 Å². The Bertz CT molecular complexity index is 1350. The number of rotatable bonds is 6. The molecule has 8 nitrogen and oxygen atoms in total. The topological polar surface area (TPSA) is 100 Å². The van der Waals surface area contributed by atoms with Crippen molar-refractivity contribution >= 4 is 17.8 Å². The van der Waals surface area contributed by atoms with Crippen LogP contribution in [0.4, 0.5) is 19.0 Å². The van der Waals surface area contributed by atoms with Crippen molar-refractivity contribution in [1.82, 2.24) is 24.4 Å². The van der Waals surface area contributed by atoms with Crippen molar-refractivity contribution < 1.29 is 22.8 Å². The Labute approximate surface area is 215 Å². The first-order valence-electron chi connectivity index (χ1n) is 11.5. The molecule has 192 valence electrons. The molecule has 4 aromatic rings. The minimum atomic E-state index is -4.43. The number of aliphatic hydroxyl groups is 1. The first kappa shape index (κ1) is 25.2. The van der Waals surface area contributed by atoms with Crippen LogP contribution >= 0.6 is 11.9 Å². The minimum Gasteiger partial charge on any atom is -0.390 e. The number of hydrogen-bond acceptors (Lipinski definition) is 9. The third kappa shape index (κ3) is 6.09. The van der Waals surface area contributed by atoms with Crippen molar-refractivity contribution in [2.75, 3.05) is 18.4 Å². The Morgan fingerprint density at radius 3 is 2.54 bits per heavy atom. The first-order valence-corrected chi connectivity index (χ1v) is 12.3. The van der Waals surface area contributed by atoms with Gasteiger partial charge in [-0.2, -0.15) is 18.2 Å². The van der Waals surface area contributed by atoms with Crippen molar-refractivity contribution in [3.8, 4) is 22.6 Å². The van der Waals surface area contributed by atoms with Crippen LogP contribution in [0.5, 0.6) is 0 Å². The maximum atomic E-state index is 12.7. The Morgan fingerprint density at radius 2 is 1.89 bits per heavy atom.